The zero-order valence-electron chi connectivity index (χ0n) is 20.6. The lowest BCUT2D eigenvalue weighted by Crippen LogP contribution is -2.51. The lowest BCUT2D eigenvalue weighted by atomic mass is 10.1. The molecule has 2 aromatic carbocycles. The minimum Gasteiger partial charge on any atom is -0.497 e. The lowest BCUT2D eigenvalue weighted by Gasteiger charge is -2.32. The number of sulfonamides is 1. The maximum absolute atomic E-state index is 13.5. The zero-order valence-corrected chi connectivity index (χ0v) is 21.4. The first-order valence-corrected chi connectivity index (χ1v) is 13.2. The zero-order chi connectivity index (χ0) is 25.3. The van der Waals surface area contributed by atoms with E-state index in [2.05, 4.69) is 5.32 Å². The molecule has 2 rings (SSSR count). The fourth-order valence-corrected chi connectivity index (χ4v) is 4.30. The Morgan fingerprint density at radius 3 is 2.29 bits per heavy atom. The molecule has 0 aliphatic heterocycles. The maximum atomic E-state index is 13.5. The molecule has 0 bridgehead atoms. The Morgan fingerprint density at radius 2 is 1.74 bits per heavy atom. The van der Waals surface area contributed by atoms with Crippen LogP contribution in [-0.2, 0) is 26.2 Å². The number of aryl methyl sites for hydroxylation is 1. The number of methoxy groups -OCH3 is 1. The summed E-state index contributed by atoms with van der Waals surface area (Å²) in [6.45, 7) is 5.91. The van der Waals surface area contributed by atoms with Crippen LogP contribution in [0.5, 0.6) is 5.75 Å². The van der Waals surface area contributed by atoms with Crippen molar-refractivity contribution in [2.24, 2.45) is 0 Å². The number of nitrogens with one attached hydrogen (secondary N) is 1. The number of carbonyl (C=O) groups is 2. The van der Waals surface area contributed by atoms with Gasteiger partial charge in [-0.15, -0.1) is 0 Å². The number of benzene rings is 2. The molecular formula is C25H35N3O5S. The van der Waals surface area contributed by atoms with Crippen LogP contribution >= 0.6 is 0 Å². The average molecular weight is 490 g/mol. The molecule has 186 valence electrons. The van der Waals surface area contributed by atoms with Gasteiger partial charge in [0.1, 0.15) is 18.3 Å². The minimum absolute atomic E-state index is 0.189. The molecule has 0 fully saturated rings. The predicted octanol–water partition coefficient (Wildman–Crippen LogP) is 3.10. The molecular weight excluding hydrogens is 454 g/mol. The number of amides is 2. The van der Waals surface area contributed by atoms with Crippen LogP contribution in [-0.4, -0.2) is 57.6 Å². The van der Waals surface area contributed by atoms with E-state index in [9.17, 15) is 18.0 Å². The Balaban J connectivity index is 2.35. The van der Waals surface area contributed by atoms with Crippen LogP contribution in [0.3, 0.4) is 0 Å². The van der Waals surface area contributed by atoms with Crippen molar-refractivity contribution < 1.29 is 22.7 Å². The largest absolute Gasteiger partial charge is 0.497 e. The third-order valence-corrected chi connectivity index (χ3v) is 6.78. The topological polar surface area (TPSA) is 96.0 Å². The van der Waals surface area contributed by atoms with E-state index in [0.717, 1.165) is 34.5 Å². The van der Waals surface area contributed by atoms with Gasteiger partial charge >= 0.3 is 0 Å². The van der Waals surface area contributed by atoms with Crippen LogP contribution in [0.25, 0.3) is 0 Å². The molecule has 0 heterocycles. The summed E-state index contributed by atoms with van der Waals surface area (Å²) in [7, 11) is -2.25. The number of rotatable bonds is 12. The molecule has 2 aromatic rings. The summed E-state index contributed by atoms with van der Waals surface area (Å²) in [4.78, 5) is 27.8. The standard InChI is InChI=1S/C25H35N3O5S/c1-6-7-16-26-25(30)20(3)27(17-21-11-9-8-10-19(21)2)24(29)18-28(34(5,31)32)22-12-14-23(33-4)15-13-22/h8-15,20H,6-7,16-18H2,1-5H3,(H,26,30)/t20-/m0/s1. The minimum atomic E-state index is -3.77. The Bertz CT molecular complexity index is 1070. The van der Waals surface area contributed by atoms with E-state index in [4.69, 9.17) is 4.74 Å². The second-order valence-corrected chi connectivity index (χ2v) is 10.1. The van der Waals surface area contributed by atoms with Crippen LogP contribution in [0, 0.1) is 6.92 Å². The first kappa shape index (κ1) is 27.2. The van der Waals surface area contributed by atoms with E-state index in [-0.39, 0.29) is 12.5 Å². The molecule has 0 aromatic heterocycles. The van der Waals surface area contributed by atoms with Gasteiger partial charge in [-0.05, 0) is 55.7 Å². The first-order chi connectivity index (χ1) is 16.1. The fourth-order valence-electron chi connectivity index (χ4n) is 3.45. The van der Waals surface area contributed by atoms with E-state index >= 15 is 0 Å². The smallest absolute Gasteiger partial charge is 0.244 e. The Labute approximate surface area is 202 Å². The quantitative estimate of drug-likeness (QED) is 0.462. The summed E-state index contributed by atoms with van der Waals surface area (Å²) in [6.07, 6.45) is 2.83. The van der Waals surface area contributed by atoms with Gasteiger partial charge in [0, 0.05) is 13.1 Å². The van der Waals surface area contributed by atoms with Gasteiger partial charge in [-0.2, -0.15) is 0 Å². The number of unbranched alkanes of at least 4 members (excludes halogenated alkanes) is 1. The van der Waals surface area contributed by atoms with Gasteiger partial charge in [-0.3, -0.25) is 13.9 Å². The van der Waals surface area contributed by atoms with E-state index in [0.29, 0.717) is 18.0 Å². The van der Waals surface area contributed by atoms with Gasteiger partial charge in [0.2, 0.25) is 21.8 Å². The summed E-state index contributed by atoms with van der Waals surface area (Å²) < 4.78 is 31.3. The van der Waals surface area contributed by atoms with Crippen molar-refractivity contribution in [2.75, 3.05) is 30.8 Å². The number of anilines is 1. The number of carbonyl (C=O) groups excluding carboxylic acids is 2. The van der Waals surface area contributed by atoms with Crippen LogP contribution in [0.4, 0.5) is 5.69 Å². The van der Waals surface area contributed by atoms with E-state index in [1.165, 1.54) is 12.0 Å². The van der Waals surface area contributed by atoms with Crippen molar-refractivity contribution in [1.29, 1.82) is 0 Å². The Morgan fingerprint density at radius 1 is 1.09 bits per heavy atom. The number of nitrogens with zero attached hydrogens (tertiary/aromatic N) is 2. The van der Waals surface area contributed by atoms with Crippen molar-refractivity contribution in [1.82, 2.24) is 10.2 Å². The molecule has 2 amide bonds. The van der Waals surface area contributed by atoms with Crippen LogP contribution < -0.4 is 14.4 Å². The Kier molecular flexibility index (Phi) is 9.92. The molecule has 1 N–H and O–H groups in total. The van der Waals surface area contributed by atoms with Crippen LogP contribution in [0.1, 0.15) is 37.8 Å². The molecule has 1 atom stereocenters. The van der Waals surface area contributed by atoms with Crippen molar-refractivity contribution in [3.8, 4) is 5.75 Å². The second kappa shape index (κ2) is 12.4. The molecule has 0 spiro atoms. The SMILES string of the molecule is CCCCNC(=O)[C@H](C)N(Cc1ccccc1C)C(=O)CN(c1ccc(OC)cc1)S(C)(=O)=O. The van der Waals surface area contributed by atoms with Gasteiger partial charge in [0.15, 0.2) is 0 Å². The molecule has 9 heteroatoms. The average Bonchev–Trinajstić information content (AvgIpc) is 2.81. The molecule has 0 unspecified atom stereocenters. The number of ether oxygens (including phenoxy) is 1. The highest BCUT2D eigenvalue weighted by molar-refractivity contribution is 7.92. The second-order valence-electron chi connectivity index (χ2n) is 8.24. The lowest BCUT2D eigenvalue weighted by molar-refractivity contribution is -0.139. The number of hydrogen-bond acceptors (Lipinski definition) is 5. The normalized spacial score (nSPS) is 12.0. The summed E-state index contributed by atoms with van der Waals surface area (Å²) in [5.41, 5.74) is 2.21. The summed E-state index contributed by atoms with van der Waals surface area (Å²) in [6, 6.07) is 13.3. The summed E-state index contributed by atoms with van der Waals surface area (Å²) in [5, 5.41) is 2.87. The molecule has 0 aliphatic rings. The van der Waals surface area contributed by atoms with Gasteiger partial charge in [0.25, 0.3) is 0 Å². The number of hydrogen-bond donors (Lipinski definition) is 1. The van der Waals surface area contributed by atoms with Crippen LogP contribution in [0.15, 0.2) is 48.5 Å². The predicted molar refractivity (Wildman–Crippen MR) is 134 cm³/mol. The Hall–Kier alpha value is -3.07. The highest BCUT2D eigenvalue weighted by atomic mass is 32.2. The van der Waals surface area contributed by atoms with Crippen LogP contribution in [0.2, 0.25) is 0 Å². The first-order valence-electron chi connectivity index (χ1n) is 11.3. The third kappa shape index (κ3) is 7.48. The molecule has 0 saturated heterocycles. The van der Waals surface area contributed by atoms with Gasteiger partial charge in [0.05, 0.1) is 19.1 Å². The van der Waals surface area contributed by atoms with Gasteiger partial charge in [-0.1, -0.05) is 37.6 Å². The monoisotopic (exact) mass is 489 g/mol. The maximum Gasteiger partial charge on any atom is 0.244 e. The van der Waals surface area contributed by atoms with E-state index < -0.39 is 28.5 Å². The van der Waals surface area contributed by atoms with Crippen molar-refractivity contribution in [2.45, 2.75) is 46.2 Å². The van der Waals surface area contributed by atoms with E-state index in [1.807, 2.05) is 38.1 Å². The summed E-state index contributed by atoms with van der Waals surface area (Å²) in [5.74, 6) is -0.171. The van der Waals surface area contributed by atoms with Gasteiger partial charge in [-0.25, -0.2) is 8.42 Å². The fraction of sp³-hybridized carbons (Fsp3) is 0.440. The highest BCUT2D eigenvalue weighted by Crippen LogP contribution is 2.22. The molecule has 0 saturated carbocycles. The molecule has 0 aliphatic carbocycles. The molecule has 34 heavy (non-hydrogen) atoms. The third-order valence-electron chi connectivity index (χ3n) is 5.64. The van der Waals surface area contributed by atoms with E-state index in [1.54, 1.807) is 31.2 Å². The highest BCUT2D eigenvalue weighted by Gasteiger charge is 2.30. The van der Waals surface area contributed by atoms with Crippen molar-refractivity contribution in [3.05, 3.63) is 59.7 Å². The summed E-state index contributed by atoms with van der Waals surface area (Å²) >= 11 is 0. The molecule has 0 radical (unpaired) electrons. The van der Waals surface area contributed by atoms with Crippen molar-refractivity contribution in [3.63, 3.8) is 0 Å². The van der Waals surface area contributed by atoms with Gasteiger partial charge < -0.3 is 15.0 Å². The molecule has 8 nitrogen and oxygen atoms in total. The van der Waals surface area contributed by atoms with Crippen molar-refractivity contribution >= 4 is 27.5 Å².